The molecule has 3 rings (SSSR count). The summed E-state index contributed by atoms with van der Waals surface area (Å²) in [6, 6.07) is 1.03. The van der Waals surface area contributed by atoms with Crippen LogP contribution in [0.1, 0.15) is 32.1 Å². The number of hydrogen-bond donors (Lipinski definition) is 1. The lowest BCUT2D eigenvalue weighted by Crippen LogP contribution is -2.46. The van der Waals surface area contributed by atoms with Crippen molar-refractivity contribution in [2.24, 2.45) is 11.8 Å². The number of Topliss-reactive ketones (excluding diaryl/α,β-unsaturated/α-hetero) is 1. The van der Waals surface area contributed by atoms with E-state index < -0.39 is 0 Å². The van der Waals surface area contributed by atoms with Crippen LogP contribution >= 0.6 is 0 Å². The largest absolute Gasteiger partial charge is 0.310 e. The maximum Gasteiger partial charge on any atom is 0.139 e. The summed E-state index contributed by atoms with van der Waals surface area (Å²) in [6.45, 7) is 2.41. The van der Waals surface area contributed by atoms with Crippen LogP contribution in [0.4, 0.5) is 0 Å². The summed E-state index contributed by atoms with van der Waals surface area (Å²) < 4.78 is 0. The number of rotatable bonds is 2. The van der Waals surface area contributed by atoms with E-state index in [0.717, 1.165) is 18.8 Å². The molecule has 0 aromatic rings. The molecule has 2 bridgehead atoms. The standard InChI is InChI=1S/C13H22N2O/c1-15-5-4-9(8-15)6-11-12-3-2-10(14-12)7-13(11)16/h9-12,14H,2-8H2,1H3. The van der Waals surface area contributed by atoms with Gasteiger partial charge in [0.15, 0.2) is 0 Å². The van der Waals surface area contributed by atoms with Gasteiger partial charge in [-0.05, 0) is 45.2 Å². The first kappa shape index (κ1) is 10.7. The molecule has 16 heavy (non-hydrogen) atoms. The number of likely N-dealkylation sites (tertiary alicyclic amines) is 1. The molecule has 0 amide bonds. The zero-order valence-electron chi connectivity index (χ0n) is 10.1. The minimum atomic E-state index is 0.329. The molecule has 0 radical (unpaired) electrons. The Kier molecular flexibility index (Phi) is 2.76. The van der Waals surface area contributed by atoms with Crippen LogP contribution in [0.25, 0.3) is 0 Å². The first-order valence-electron chi connectivity index (χ1n) is 6.69. The lowest BCUT2D eigenvalue weighted by Gasteiger charge is -2.30. The molecule has 0 spiro atoms. The molecule has 90 valence electrons. The predicted octanol–water partition coefficient (Wildman–Crippen LogP) is 1.04. The van der Waals surface area contributed by atoms with Gasteiger partial charge in [-0.1, -0.05) is 0 Å². The first-order chi connectivity index (χ1) is 7.72. The van der Waals surface area contributed by atoms with Crippen molar-refractivity contribution in [3.05, 3.63) is 0 Å². The fourth-order valence-corrected chi connectivity index (χ4v) is 3.82. The van der Waals surface area contributed by atoms with E-state index in [4.69, 9.17) is 0 Å². The van der Waals surface area contributed by atoms with Crippen molar-refractivity contribution in [3.8, 4) is 0 Å². The van der Waals surface area contributed by atoms with Crippen LogP contribution in [0.3, 0.4) is 0 Å². The Morgan fingerprint density at radius 1 is 1.38 bits per heavy atom. The van der Waals surface area contributed by atoms with Crippen LogP contribution in [0, 0.1) is 11.8 Å². The Hall–Kier alpha value is -0.410. The van der Waals surface area contributed by atoms with E-state index in [9.17, 15) is 4.79 Å². The summed E-state index contributed by atoms with van der Waals surface area (Å²) in [6.07, 6.45) is 5.66. The molecule has 0 aromatic heterocycles. The summed E-state index contributed by atoms with van der Waals surface area (Å²) in [7, 11) is 2.19. The lowest BCUT2D eigenvalue weighted by atomic mass is 9.83. The van der Waals surface area contributed by atoms with Gasteiger partial charge in [-0.15, -0.1) is 0 Å². The maximum atomic E-state index is 12.1. The minimum Gasteiger partial charge on any atom is -0.310 e. The van der Waals surface area contributed by atoms with Crippen molar-refractivity contribution < 1.29 is 4.79 Å². The molecule has 3 fully saturated rings. The van der Waals surface area contributed by atoms with Gasteiger partial charge in [0.2, 0.25) is 0 Å². The Bertz CT molecular complexity index is 292. The van der Waals surface area contributed by atoms with E-state index in [1.165, 1.54) is 32.4 Å². The SMILES string of the molecule is CN1CCC(CC2C(=O)CC3CCC2N3)C1. The van der Waals surface area contributed by atoms with Gasteiger partial charge in [0, 0.05) is 31.0 Å². The molecule has 3 heterocycles. The maximum absolute atomic E-state index is 12.1. The molecule has 3 saturated heterocycles. The Morgan fingerprint density at radius 3 is 3.00 bits per heavy atom. The molecule has 3 heteroatoms. The first-order valence-corrected chi connectivity index (χ1v) is 6.69. The normalized spacial score (nSPS) is 44.2. The van der Waals surface area contributed by atoms with Crippen LogP contribution in [0.2, 0.25) is 0 Å². The number of hydrogen-bond acceptors (Lipinski definition) is 3. The van der Waals surface area contributed by atoms with E-state index in [1.54, 1.807) is 0 Å². The Morgan fingerprint density at radius 2 is 2.25 bits per heavy atom. The smallest absolute Gasteiger partial charge is 0.139 e. The number of piperidine rings is 1. The average Bonchev–Trinajstić information content (AvgIpc) is 2.81. The summed E-state index contributed by atoms with van der Waals surface area (Å²) in [5.41, 5.74) is 0. The fraction of sp³-hybridized carbons (Fsp3) is 0.923. The third-order valence-corrected chi connectivity index (χ3v) is 4.70. The predicted molar refractivity (Wildman–Crippen MR) is 63.3 cm³/mol. The van der Waals surface area contributed by atoms with Crippen LogP contribution in [-0.4, -0.2) is 42.9 Å². The molecule has 4 unspecified atom stereocenters. The second-order valence-electron chi connectivity index (χ2n) is 5.98. The lowest BCUT2D eigenvalue weighted by molar-refractivity contribution is -0.126. The minimum absolute atomic E-state index is 0.329. The van der Waals surface area contributed by atoms with E-state index >= 15 is 0 Å². The molecule has 3 nitrogen and oxygen atoms in total. The van der Waals surface area contributed by atoms with Crippen LogP contribution < -0.4 is 5.32 Å². The summed E-state index contributed by atoms with van der Waals surface area (Å²) in [4.78, 5) is 14.5. The van der Waals surface area contributed by atoms with E-state index in [-0.39, 0.29) is 0 Å². The highest BCUT2D eigenvalue weighted by Crippen LogP contribution is 2.34. The monoisotopic (exact) mass is 222 g/mol. The third kappa shape index (κ3) is 1.91. The number of ketones is 1. The van der Waals surface area contributed by atoms with Gasteiger partial charge in [-0.2, -0.15) is 0 Å². The highest BCUT2D eigenvalue weighted by atomic mass is 16.1. The Balaban J connectivity index is 1.63. The van der Waals surface area contributed by atoms with Crippen molar-refractivity contribution >= 4 is 5.78 Å². The average molecular weight is 222 g/mol. The quantitative estimate of drug-likeness (QED) is 0.757. The van der Waals surface area contributed by atoms with Gasteiger partial charge < -0.3 is 10.2 Å². The molecular formula is C13H22N2O. The van der Waals surface area contributed by atoms with Gasteiger partial charge >= 0.3 is 0 Å². The molecule has 3 aliphatic heterocycles. The van der Waals surface area contributed by atoms with Crippen molar-refractivity contribution in [2.75, 3.05) is 20.1 Å². The highest BCUT2D eigenvalue weighted by molar-refractivity contribution is 5.83. The molecule has 0 saturated carbocycles. The van der Waals surface area contributed by atoms with Gasteiger partial charge in [0.05, 0.1) is 0 Å². The van der Waals surface area contributed by atoms with Gasteiger partial charge in [-0.25, -0.2) is 0 Å². The van der Waals surface area contributed by atoms with Gasteiger partial charge in [-0.3, -0.25) is 4.79 Å². The highest BCUT2D eigenvalue weighted by Gasteiger charge is 2.41. The van der Waals surface area contributed by atoms with Crippen LogP contribution in [0.5, 0.6) is 0 Å². The summed E-state index contributed by atoms with van der Waals surface area (Å²) >= 11 is 0. The van der Waals surface area contributed by atoms with E-state index in [0.29, 0.717) is 23.8 Å². The summed E-state index contributed by atoms with van der Waals surface area (Å²) in [5.74, 6) is 1.63. The number of fused-ring (bicyclic) bond motifs is 2. The van der Waals surface area contributed by atoms with Crippen molar-refractivity contribution in [3.63, 3.8) is 0 Å². The zero-order chi connectivity index (χ0) is 11.1. The van der Waals surface area contributed by atoms with Crippen LogP contribution in [0.15, 0.2) is 0 Å². The Labute approximate surface area is 97.6 Å². The van der Waals surface area contributed by atoms with Crippen molar-refractivity contribution in [2.45, 2.75) is 44.2 Å². The van der Waals surface area contributed by atoms with Gasteiger partial charge in [0.1, 0.15) is 5.78 Å². The zero-order valence-corrected chi connectivity index (χ0v) is 10.1. The second kappa shape index (κ2) is 4.11. The molecule has 1 N–H and O–H groups in total. The molecular weight excluding hydrogens is 200 g/mol. The number of carbonyl (C=O) groups is 1. The van der Waals surface area contributed by atoms with Gasteiger partial charge in [0.25, 0.3) is 0 Å². The molecule has 0 aromatic carbocycles. The molecule has 4 atom stereocenters. The third-order valence-electron chi connectivity index (χ3n) is 4.70. The number of nitrogens with one attached hydrogen (secondary N) is 1. The molecule has 3 aliphatic rings. The van der Waals surface area contributed by atoms with E-state index in [1.807, 2.05) is 0 Å². The van der Waals surface area contributed by atoms with Crippen LogP contribution in [-0.2, 0) is 4.79 Å². The van der Waals surface area contributed by atoms with Crippen molar-refractivity contribution in [1.82, 2.24) is 10.2 Å². The summed E-state index contributed by atoms with van der Waals surface area (Å²) in [5, 5.41) is 3.62. The topological polar surface area (TPSA) is 32.3 Å². The van der Waals surface area contributed by atoms with Crippen molar-refractivity contribution in [1.29, 1.82) is 0 Å². The number of nitrogens with zero attached hydrogens (tertiary/aromatic N) is 1. The second-order valence-corrected chi connectivity index (χ2v) is 5.98. The molecule has 0 aliphatic carbocycles. The fourth-order valence-electron chi connectivity index (χ4n) is 3.82. The van der Waals surface area contributed by atoms with E-state index in [2.05, 4.69) is 17.3 Å². The number of carbonyl (C=O) groups excluding carboxylic acids is 1.